The minimum absolute atomic E-state index is 0.647. The molecule has 0 radical (unpaired) electrons. The lowest BCUT2D eigenvalue weighted by Crippen LogP contribution is -2.26. The molecule has 0 aliphatic heterocycles. The van der Waals surface area contributed by atoms with E-state index >= 15 is 0 Å². The minimum atomic E-state index is 0.647. The van der Waals surface area contributed by atoms with Crippen LogP contribution in [0.15, 0.2) is 0 Å². The van der Waals surface area contributed by atoms with Gasteiger partial charge in [-0.15, -0.1) is 11.6 Å². The van der Waals surface area contributed by atoms with E-state index in [-0.39, 0.29) is 0 Å². The minimum Gasteiger partial charge on any atom is -0.346 e. The first kappa shape index (κ1) is 12.1. The maximum atomic E-state index is 5.82. The predicted octanol–water partition coefficient (Wildman–Crippen LogP) is 3.26. The van der Waals surface area contributed by atoms with Crippen LogP contribution in [0.5, 0.6) is 0 Å². The predicted molar refractivity (Wildman–Crippen MR) is 69.7 cm³/mol. The molecule has 1 aliphatic rings. The molecule has 0 aromatic carbocycles. The maximum Gasteiger partial charge on any atom is 0.205 e. The van der Waals surface area contributed by atoms with Gasteiger partial charge in [0.05, 0.1) is 0 Å². The number of unbranched alkanes of at least 4 members (excludes halogenated alkanes) is 1. The van der Waals surface area contributed by atoms with E-state index in [1.807, 2.05) is 0 Å². The Morgan fingerprint density at radius 3 is 2.88 bits per heavy atom. The normalized spacial score (nSPS) is 15.4. The molecule has 1 aliphatic carbocycles. The summed E-state index contributed by atoms with van der Waals surface area (Å²) in [6.07, 6.45) is 4.92. The molecular weight excluding hydrogens is 242 g/mol. The fourth-order valence-electron chi connectivity index (χ4n) is 1.62. The number of hydrogen-bond donors (Lipinski definition) is 0. The highest BCUT2D eigenvalue weighted by atomic mass is 35.5. The lowest BCUT2D eigenvalue weighted by molar-refractivity contribution is 0.730. The molecule has 0 spiro atoms. The summed E-state index contributed by atoms with van der Waals surface area (Å²) < 4.78 is 4.44. The van der Waals surface area contributed by atoms with Crippen molar-refractivity contribution in [1.82, 2.24) is 9.36 Å². The number of alkyl halides is 1. The quantitative estimate of drug-likeness (QED) is 0.704. The van der Waals surface area contributed by atoms with Crippen LogP contribution in [0, 0.1) is 0 Å². The van der Waals surface area contributed by atoms with Crippen LogP contribution < -0.4 is 4.90 Å². The molecule has 1 saturated carbocycles. The highest BCUT2D eigenvalue weighted by Crippen LogP contribution is 2.39. The van der Waals surface area contributed by atoms with Crippen molar-refractivity contribution in [2.75, 3.05) is 23.9 Å². The van der Waals surface area contributed by atoms with E-state index in [9.17, 15) is 0 Å². The summed E-state index contributed by atoms with van der Waals surface area (Å²) in [5.41, 5.74) is 0. The second kappa shape index (κ2) is 5.82. The van der Waals surface area contributed by atoms with Gasteiger partial charge < -0.3 is 4.90 Å². The van der Waals surface area contributed by atoms with Crippen molar-refractivity contribution < 1.29 is 0 Å². The molecule has 1 heterocycles. The Morgan fingerprint density at radius 1 is 1.44 bits per heavy atom. The maximum absolute atomic E-state index is 5.82. The third-order valence-corrected chi connectivity index (χ3v) is 3.74. The highest BCUT2D eigenvalue weighted by Gasteiger charge is 2.28. The van der Waals surface area contributed by atoms with Gasteiger partial charge in [-0.05, 0) is 19.3 Å². The van der Waals surface area contributed by atoms with Gasteiger partial charge in [-0.25, -0.2) is 4.98 Å². The van der Waals surface area contributed by atoms with E-state index in [4.69, 9.17) is 11.6 Å². The summed E-state index contributed by atoms with van der Waals surface area (Å²) in [6, 6.07) is 0. The van der Waals surface area contributed by atoms with E-state index in [2.05, 4.69) is 21.2 Å². The van der Waals surface area contributed by atoms with Gasteiger partial charge in [0.15, 0.2) is 0 Å². The molecular formula is C11H18ClN3S. The monoisotopic (exact) mass is 259 g/mol. The zero-order valence-corrected chi connectivity index (χ0v) is 11.2. The van der Waals surface area contributed by atoms with Crippen LogP contribution >= 0.6 is 23.1 Å². The topological polar surface area (TPSA) is 29.0 Å². The second-order valence-electron chi connectivity index (χ2n) is 4.24. The number of halogens is 1. The van der Waals surface area contributed by atoms with Gasteiger partial charge >= 0.3 is 0 Å². The summed E-state index contributed by atoms with van der Waals surface area (Å²) >= 11 is 7.34. The molecule has 3 nitrogen and oxygen atoms in total. The molecule has 0 N–H and O–H groups in total. The van der Waals surface area contributed by atoms with E-state index in [0.29, 0.717) is 11.8 Å². The van der Waals surface area contributed by atoms with Crippen LogP contribution in [0.2, 0.25) is 0 Å². The second-order valence-corrected chi connectivity index (χ2v) is 5.35. The van der Waals surface area contributed by atoms with Crippen molar-refractivity contribution in [2.24, 2.45) is 0 Å². The molecule has 1 aromatic rings. The largest absolute Gasteiger partial charge is 0.346 e. The first-order valence-corrected chi connectivity index (χ1v) is 7.30. The number of nitrogens with zero attached hydrogens (tertiary/aromatic N) is 3. The van der Waals surface area contributed by atoms with Gasteiger partial charge in [-0.2, -0.15) is 4.37 Å². The van der Waals surface area contributed by atoms with Gasteiger partial charge in [-0.3, -0.25) is 0 Å². The van der Waals surface area contributed by atoms with Gasteiger partial charge in [0.1, 0.15) is 5.82 Å². The fourth-order valence-corrected chi connectivity index (χ4v) is 2.62. The Morgan fingerprint density at radius 2 is 2.25 bits per heavy atom. The molecule has 0 saturated heterocycles. The third kappa shape index (κ3) is 3.08. The smallest absolute Gasteiger partial charge is 0.205 e. The summed E-state index contributed by atoms with van der Waals surface area (Å²) in [5.74, 6) is 2.35. The zero-order valence-electron chi connectivity index (χ0n) is 9.65. The Labute approximate surface area is 106 Å². The fraction of sp³-hybridized carbons (Fsp3) is 0.818. The number of anilines is 1. The molecule has 5 heteroatoms. The molecule has 16 heavy (non-hydrogen) atoms. The average Bonchev–Trinajstić information content (AvgIpc) is 3.03. The molecule has 0 unspecified atom stereocenters. The summed E-state index contributed by atoms with van der Waals surface area (Å²) in [5, 5.41) is 1.05. The van der Waals surface area contributed by atoms with Crippen molar-refractivity contribution in [3.8, 4) is 0 Å². The summed E-state index contributed by atoms with van der Waals surface area (Å²) in [4.78, 5) is 6.88. The first-order chi connectivity index (χ1) is 7.85. The molecule has 0 amide bonds. The standard InChI is InChI=1S/C11H18ClN3S/c1-2-3-7-15(8-6-12)11-13-10(14-16-11)9-4-5-9/h9H,2-8H2,1H3. The SMILES string of the molecule is CCCCN(CCCl)c1nc(C2CC2)ns1. The third-order valence-electron chi connectivity index (χ3n) is 2.78. The van der Waals surface area contributed by atoms with Gasteiger partial charge in [0.2, 0.25) is 5.13 Å². The number of aromatic nitrogens is 2. The van der Waals surface area contributed by atoms with Crippen LogP contribution in [-0.2, 0) is 0 Å². The van der Waals surface area contributed by atoms with Crippen molar-refractivity contribution in [2.45, 2.75) is 38.5 Å². The Bertz CT molecular complexity index is 325. The summed E-state index contributed by atoms with van der Waals surface area (Å²) in [7, 11) is 0. The Kier molecular flexibility index (Phi) is 4.41. The molecule has 1 aromatic heterocycles. The van der Waals surface area contributed by atoms with Crippen LogP contribution in [0.1, 0.15) is 44.3 Å². The van der Waals surface area contributed by atoms with E-state index in [1.165, 1.54) is 37.2 Å². The van der Waals surface area contributed by atoms with E-state index in [0.717, 1.165) is 24.0 Å². The molecule has 1 fully saturated rings. The lowest BCUT2D eigenvalue weighted by atomic mass is 10.3. The molecule has 0 bridgehead atoms. The molecule has 90 valence electrons. The van der Waals surface area contributed by atoms with Crippen molar-refractivity contribution in [3.63, 3.8) is 0 Å². The Hall–Kier alpha value is -0.350. The van der Waals surface area contributed by atoms with Crippen LogP contribution in [-0.4, -0.2) is 28.3 Å². The zero-order chi connectivity index (χ0) is 11.4. The summed E-state index contributed by atoms with van der Waals surface area (Å²) in [6.45, 7) is 4.12. The number of rotatable bonds is 7. The molecule has 2 rings (SSSR count). The van der Waals surface area contributed by atoms with Gasteiger partial charge in [0.25, 0.3) is 0 Å². The van der Waals surface area contributed by atoms with Crippen LogP contribution in [0.4, 0.5) is 5.13 Å². The molecule has 0 atom stereocenters. The Balaban J connectivity index is 1.98. The first-order valence-electron chi connectivity index (χ1n) is 5.99. The van der Waals surface area contributed by atoms with E-state index in [1.54, 1.807) is 0 Å². The van der Waals surface area contributed by atoms with Crippen molar-refractivity contribution in [1.29, 1.82) is 0 Å². The van der Waals surface area contributed by atoms with Crippen molar-refractivity contribution >= 4 is 28.3 Å². The van der Waals surface area contributed by atoms with Crippen molar-refractivity contribution in [3.05, 3.63) is 5.82 Å². The highest BCUT2D eigenvalue weighted by molar-refractivity contribution is 7.09. The van der Waals surface area contributed by atoms with E-state index < -0.39 is 0 Å². The van der Waals surface area contributed by atoms with Gasteiger partial charge in [0, 0.05) is 36.4 Å². The average molecular weight is 260 g/mol. The lowest BCUT2D eigenvalue weighted by Gasteiger charge is -2.19. The van der Waals surface area contributed by atoms with Gasteiger partial charge in [-0.1, -0.05) is 13.3 Å². The van der Waals surface area contributed by atoms with Crippen LogP contribution in [0.3, 0.4) is 0 Å². The van der Waals surface area contributed by atoms with Crippen LogP contribution in [0.25, 0.3) is 0 Å². The number of hydrogen-bond acceptors (Lipinski definition) is 4.